The highest BCUT2D eigenvalue weighted by molar-refractivity contribution is 7.47. The molecule has 3 unspecified atom stereocenters. The van der Waals surface area contributed by atoms with Gasteiger partial charge in [0.2, 0.25) is 0 Å². The Labute approximate surface area is 440 Å². The maximum absolute atomic E-state index is 12.9. The smallest absolute Gasteiger partial charge is 0.462 e. The summed E-state index contributed by atoms with van der Waals surface area (Å²) >= 11 is 0. The second kappa shape index (κ2) is 54.4. The van der Waals surface area contributed by atoms with E-state index in [1.165, 1.54) is 83.5 Å². The number of ether oxygens (including phenoxy) is 3. The van der Waals surface area contributed by atoms with Gasteiger partial charge in [-0.1, -0.05) is 197 Å². The van der Waals surface area contributed by atoms with Gasteiger partial charge in [0.1, 0.15) is 12.7 Å². The summed E-state index contributed by atoms with van der Waals surface area (Å²) < 4.78 is 39.5. The monoisotopic (exact) mass is 1030 g/mol. The summed E-state index contributed by atoms with van der Waals surface area (Å²) in [7, 11) is -4.75. The largest absolute Gasteiger partial charge is 0.472 e. The van der Waals surface area contributed by atoms with Crippen molar-refractivity contribution >= 4 is 25.7 Å². The molecule has 0 amide bonds. The van der Waals surface area contributed by atoms with Crippen LogP contribution in [0.4, 0.5) is 0 Å². The van der Waals surface area contributed by atoms with E-state index in [9.17, 15) is 28.9 Å². The zero-order chi connectivity index (χ0) is 52.7. The predicted molar refractivity (Wildman–Crippen MR) is 298 cm³/mol. The molecule has 0 aromatic heterocycles. The zero-order valence-corrected chi connectivity index (χ0v) is 47.0. The number of phosphoric acid groups is 1. The van der Waals surface area contributed by atoms with Crippen molar-refractivity contribution in [1.82, 2.24) is 0 Å². The van der Waals surface area contributed by atoms with Crippen LogP contribution in [0, 0.1) is 0 Å². The lowest BCUT2D eigenvalue weighted by Gasteiger charge is -2.21. The Bertz CT molecular complexity index is 1440. The highest BCUT2D eigenvalue weighted by atomic mass is 31.2. The number of esters is 3. The van der Waals surface area contributed by atoms with Gasteiger partial charge in [0.05, 0.1) is 19.8 Å². The first kappa shape index (κ1) is 69.2. The van der Waals surface area contributed by atoms with Crippen molar-refractivity contribution in [3.63, 3.8) is 0 Å². The summed E-state index contributed by atoms with van der Waals surface area (Å²) in [6, 6.07) is 0. The van der Waals surface area contributed by atoms with Crippen LogP contribution in [0.1, 0.15) is 265 Å². The van der Waals surface area contributed by atoms with Crippen LogP contribution >= 0.6 is 7.82 Å². The van der Waals surface area contributed by atoms with Crippen LogP contribution in [0.15, 0.2) is 60.8 Å². The number of aliphatic hydroxyl groups is 1. The van der Waals surface area contributed by atoms with Crippen LogP contribution in [0.3, 0.4) is 0 Å². The summed E-state index contributed by atoms with van der Waals surface area (Å²) in [4.78, 5) is 48.5. The number of hydrogen-bond donors (Lipinski definition) is 2. The molecule has 0 aliphatic carbocycles. The van der Waals surface area contributed by atoms with E-state index in [4.69, 9.17) is 23.3 Å². The molecule has 418 valence electrons. The standard InChI is InChI=1S/C60H107O11P/c1-4-7-10-13-16-19-22-25-27-28-30-33-36-39-42-45-48-51-60(64)71-57(53-67-58(62)49-46-43-40-37-34-32-29-26-23-20-17-14-11-8-5-2)55-69-72(65,66)68-54-56(52-61)70-59(63)50-47-44-41-38-35-31-24-21-18-15-12-9-6-3/h16-17,19-21,24-27,29,56-57,61H,4-15,18,22-23,28,30-55H2,1-3H3,(H,65,66)/b19-16-,20-17-,24-21-,27-25-,29-26-. The molecule has 0 saturated carbocycles. The van der Waals surface area contributed by atoms with Crippen LogP contribution < -0.4 is 0 Å². The fourth-order valence-electron chi connectivity index (χ4n) is 7.88. The van der Waals surface area contributed by atoms with E-state index in [1.807, 2.05) is 0 Å². The Balaban J connectivity index is 4.76. The van der Waals surface area contributed by atoms with Gasteiger partial charge in [-0.25, -0.2) is 4.57 Å². The third kappa shape index (κ3) is 52.1. The third-order valence-electron chi connectivity index (χ3n) is 12.4. The summed E-state index contributed by atoms with van der Waals surface area (Å²) in [6.07, 6.45) is 58.8. The Kier molecular flexibility index (Phi) is 52.3. The number of hydrogen-bond acceptors (Lipinski definition) is 10. The van der Waals surface area contributed by atoms with E-state index in [1.54, 1.807) is 0 Å². The van der Waals surface area contributed by atoms with E-state index in [2.05, 4.69) is 81.5 Å². The van der Waals surface area contributed by atoms with Crippen LogP contribution in [-0.4, -0.2) is 66.5 Å². The topological polar surface area (TPSA) is 155 Å². The van der Waals surface area contributed by atoms with Gasteiger partial charge in [-0.15, -0.1) is 0 Å². The van der Waals surface area contributed by atoms with Crippen molar-refractivity contribution in [3.05, 3.63) is 60.8 Å². The third-order valence-corrected chi connectivity index (χ3v) is 13.3. The number of aliphatic hydroxyl groups excluding tert-OH is 1. The summed E-state index contributed by atoms with van der Waals surface area (Å²) in [5.41, 5.74) is 0. The first-order chi connectivity index (χ1) is 35.2. The van der Waals surface area contributed by atoms with Gasteiger partial charge in [-0.2, -0.15) is 0 Å². The minimum Gasteiger partial charge on any atom is -0.462 e. The average Bonchev–Trinajstić information content (AvgIpc) is 3.37. The average molecular weight is 1040 g/mol. The first-order valence-electron chi connectivity index (χ1n) is 29.2. The van der Waals surface area contributed by atoms with E-state index >= 15 is 0 Å². The molecular formula is C60H107O11P. The molecule has 0 aliphatic heterocycles. The van der Waals surface area contributed by atoms with Gasteiger partial charge in [0.15, 0.2) is 6.10 Å². The number of unbranched alkanes of at least 4 members (excludes halogenated alkanes) is 27. The van der Waals surface area contributed by atoms with Crippen LogP contribution in [0.5, 0.6) is 0 Å². The minimum absolute atomic E-state index is 0.155. The van der Waals surface area contributed by atoms with Gasteiger partial charge in [0, 0.05) is 19.3 Å². The molecule has 12 heteroatoms. The maximum atomic E-state index is 12.9. The predicted octanol–water partition coefficient (Wildman–Crippen LogP) is 17.1. The molecule has 0 saturated heterocycles. The van der Waals surface area contributed by atoms with Crippen molar-refractivity contribution in [3.8, 4) is 0 Å². The number of allylic oxidation sites excluding steroid dienone is 10. The van der Waals surface area contributed by atoms with Crippen molar-refractivity contribution in [2.45, 2.75) is 277 Å². The lowest BCUT2D eigenvalue weighted by molar-refractivity contribution is -0.161. The number of rotatable bonds is 54. The van der Waals surface area contributed by atoms with Crippen molar-refractivity contribution < 1.29 is 52.2 Å². The van der Waals surface area contributed by atoms with Gasteiger partial charge >= 0.3 is 25.7 Å². The second-order valence-electron chi connectivity index (χ2n) is 19.4. The lowest BCUT2D eigenvalue weighted by Crippen LogP contribution is -2.30. The van der Waals surface area contributed by atoms with E-state index < -0.39 is 57.8 Å². The Morgan fingerprint density at radius 2 is 0.681 bits per heavy atom. The molecule has 0 heterocycles. The van der Waals surface area contributed by atoms with Gasteiger partial charge in [0.25, 0.3) is 0 Å². The highest BCUT2D eigenvalue weighted by Gasteiger charge is 2.28. The molecule has 72 heavy (non-hydrogen) atoms. The van der Waals surface area contributed by atoms with Crippen molar-refractivity contribution in [2.75, 3.05) is 26.4 Å². The molecule has 0 aromatic rings. The quantitative estimate of drug-likeness (QED) is 0.0197. The molecule has 0 fully saturated rings. The molecule has 0 spiro atoms. The summed E-state index contributed by atoms with van der Waals surface area (Å²) in [5.74, 6) is -1.49. The van der Waals surface area contributed by atoms with Gasteiger partial charge in [-0.3, -0.25) is 23.4 Å². The summed E-state index contributed by atoms with van der Waals surface area (Å²) in [5, 5.41) is 9.80. The molecule has 0 rings (SSSR count). The maximum Gasteiger partial charge on any atom is 0.472 e. The fourth-order valence-corrected chi connectivity index (χ4v) is 8.67. The molecule has 0 aliphatic rings. The number of carbonyl (C=O) groups is 3. The van der Waals surface area contributed by atoms with E-state index in [0.29, 0.717) is 19.3 Å². The molecule has 0 radical (unpaired) electrons. The van der Waals surface area contributed by atoms with Crippen LogP contribution in [0.2, 0.25) is 0 Å². The molecule has 3 atom stereocenters. The van der Waals surface area contributed by atoms with Crippen molar-refractivity contribution in [1.29, 1.82) is 0 Å². The Morgan fingerprint density at radius 3 is 1.07 bits per heavy atom. The number of phosphoric ester groups is 1. The zero-order valence-electron chi connectivity index (χ0n) is 46.1. The molecule has 11 nitrogen and oxygen atoms in total. The van der Waals surface area contributed by atoms with E-state index in [-0.39, 0.29) is 25.9 Å². The molecule has 2 N–H and O–H groups in total. The minimum atomic E-state index is -4.75. The Hall–Kier alpha value is -2.82. The SMILES string of the molecule is CCCCC/C=C\C/C=C\CCCCCCCCCC(=O)OC(COC(=O)CCCCCCC/C=C\C/C=C\CCCCC)COP(=O)(O)OCC(CO)OC(=O)CCCCCCC/C=C\CCCCCC. The lowest BCUT2D eigenvalue weighted by atomic mass is 10.1. The first-order valence-corrected chi connectivity index (χ1v) is 30.7. The van der Waals surface area contributed by atoms with Crippen LogP contribution in [-0.2, 0) is 42.2 Å². The fraction of sp³-hybridized carbons (Fsp3) is 0.783. The van der Waals surface area contributed by atoms with Crippen molar-refractivity contribution in [2.24, 2.45) is 0 Å². The Morgan fingerprint density at radius 1 is 0.389 bits per heavy atom. The van der Waals surface area contributed by atoms with Gasteiger partial charge < -0.3 is 24.2 Å². The summed E-state index contributed by atoms with van der Waals surface area (Å²) in [6.45, 7) is 4.56. The second-order valence-corrected chi connectivity index (χ2v) is 20.9. The highest BCUT2D eigenvalue weighted by Crippen LogP contribution is 2.43. The molecule has 0 aromatic carbocycles. The van der Waals surface area contributed by atoms with E-state index in [0.717, 1.165) is 122 Å². The van der Waals surface area contributed by atoms with Crippen LogP contribution in [0.25, 0.3) is 0 Å². The normalized spacial score (nSPS) is 13.8. The number of carbonyl (C=O) groups excluding carboxylic acids is 3. The molecular weight excluding hydrogens is 928 g/mol. The molecule has 0 bridgehead atoms. The van der Waals surface area contributed by atoms with Gasteiger partial charge in [-0.05, 0) is 109 Å².